The van der Waals surface area contributed by atoms with Crippen LogP contribution < -0.4 is 5.73 Å². The van der Waals surface area contributed by atoms with Crippen molar-refractivity contribution in [1.82, 2.24) is 9.88 Å². The van der Waals surface area contributed by atoms with Gasteiger partial charge in [-0.15, -0.1) is 11.3 Å². The van der Waals surface area contributed by atoms with Gasteiger partial charge in [0.25, 0.3) is 0 Å². The smallest absolute Gasteiger partial charge is 0.408 e. The highest BCUT2D eigenvalue weighted by atomic mass is 32.1. The molecule has 3 N–H and O–H groups in total. The summed E-state index contributed by atoms with van der Waals surface area (Å²) in [5.41, 5.74) is 6.81. The van der Waals surface area contributed by atoms with Crippen molar-refractivity contribution in [3.8, 4) is 11.3 Å². The van der Waals surface area contributed by atoms with Gasteiger partial charge in [-0.3, -0.25) is 4.90 Å². The number of halogens is 1. The molecule has 0 unspecified atom stereocenters. The Morgan fingerprint density at radius 2 is 2.14 bits per heavy atom. The first-order valence-electron chi connectivity index (χ1n) is 6.69. The van der Waals surface area contributed by atoms with Crippen LogP contribution in [-0.4, -0.2) is 26.6 Å². The zero-order valence-corrected chi connectivity index (χ0v) is 13.4. The molecule has 1 heterocycles. The Labute approximate surface area is 132 Å². The average molecular weight is 323 g/mol. The van der Waals surface area contributed by atoms with Crippen molar-refractivity contribution < 1.29 is 14.3 Å². The van der Waals surface area contributed by atoms with E-state index in [1.807, 2.05) is 20.8 Å². The summed E-state index contributed by atoms with van der Waals surface area (Å²) >= 11 is 1.33. The molecule has 0 saturated carbocycles. The number of hydrogen-bond acceptors (Lipinski definition) is 4. The molecule has 1 amide bonds. The van der Waals surface area contributed by atoms with Gasteiger partial charge in [-0.1, -0.05) is 0 Å². The van der Waals surface area contributed by atoms with E-state index < -0.39 is 11.6 Å². The number of benzene rings is 1. The van der Waals surface area contributed by atoms with Crippen LogP contribution in [-0.2, 0) is 6.54 Å². The molecule has 1 aromatic heterocycles. The summed E-state index contributed by atoms with van der Waals surface area (Å²) in [5.74, 6) is -0.388. The van der Waals surface area contributed by atoms with Crippen molar-refractivity contribution in [2.75, 3.05) is 5.73 Å². The van der Waals surface area contributed by atoms with Crippen molar-refractivity contribution in [1.29, 1.82) is 0 Å². The second kappa shape index (κ2) is 5.92. The first-order chi connectivity index (χ1) is 10.2. The summed E-state index contributed by atoms with van der Waals surface area (Å²) in [6, 6.07) is 4.10. The summed E-state index contributed by atoms with van der Waals surface area (Å²) in [6.07, 6.45) is -1.01. The standard InChI is InChI=1S/C15H18FN3O2S/c1-15(2,3)19(14(20)21)7-13-18-12(8-22-13)10-6-9(16)4-5-11(10)17/h4-6,8H,7,17H2,1-3H3,(H,20,21). The third-order valence-corrected chi connectivity index (χ3v) is 4.01. The fourth-order valence-corrected chi connectivity index (χ4v) is 2.77. The quantitative estimate of drug-likeness (QED) is 0.842. The van der Waals surface area contributed by atoms with E-state index in [0.717, 1.165) is 0 Å². The minimum Gasteiger partial charge on any atom is -0.465 e. The number of thiazole rings is 1. The number of carbonyl (C=O) groups is 1. The summed E-state index contributed by atoms with van der Waals surface area (Å²) in [7, 11) is 0. The van der Waals surface area contributed by atoms with Crippen LogP contribution in [0.1, 0.15) is 25.8 Å². The Balaban J connectivity index is 2.28. The van der Waals surface area contributed by atoms with Gasteiger partial charge in [-0.2, -0.15) is 0 Å². The van der Waals surface area contributed by atoms with Crippen LogP contribution in [0.15, 0.2) is 23.6 Å². The van der Waals surface area contributed by atoms with Crippen LogP contribution in [0.5, 0.6) is 0 Å². The number of carboxylic acid groups (broad SMARTS) is 1. The van der Waals surface area contributed by atoms with Crippen molar-refractivity contribution in [3.05, 3.63) is 34.4 Å². The van der Waals surface area contributed by atoms with Gasteiger partial charge in [0.2, 0.25) is 0 Å². The Hall–Kier alpha value is -2.15. The third kappa shape index (κ3) is 3.54. The molecule has 1 aromatic carbocycles. The fraction of sp³-hybridized carbons (Fsp3) is 0.333. The molecule has 0 radical (unpaired) electrons. The number of hydrogen-bond donors (Lipinski definition) is 2. The second-order valence-electron chi connectivity index (χ2n) is 5.90. The van der Waals surface area contributed by atoms with Gasteiger partial charge in [-0.05, 0) is 39.0 Å². The second-order valence-corrected chi connectivity index (χ2v) is 6.84. The van der Waals surface area contributed by atoms with E-state index in [9.17, 15) is 14.3 Å². The summed E-state index contributed by atoms with van der Waals surface area (Å²) in [4.78, 5) is 17.1. The minimum absolute atomic E-state index is 0.179. The zero-order valence-electron chi connectivity index (χ0n) is 12.6. The molecule has 0 aliphatic carbocycles. The lowest BCUT2D eigenvalue weighted by atomic mass is 10.1. The van der Waals surface area contributed by atoms with Gasteiger partial charge in [0.15, 0.2) is 0 Å². The molecule has 0 bridgehead atoms. The Morgan fingerprint density at radius 1 is 1.45 bits per heavy atom. The van der Waals surface area contributed by atoms with E-state index in [2.05, 4.69) is 4.98 Å². The van der Waals surface area contributed by atoms with Crippen molar-refractivity contribution >= 4 is 23.1 Å². The highest BCUT2D eigenvalue weighted by Crippen LogP contribution is 2.29. The molecule has 0 atom stereocenters. The largest absolute Gasteiger partial charge is 0.465 e. The molecular formula is C15H18FN3O2S. The highest BCUT2D eigenvalue weighted by Gasteiger charge is 2.27. The lowest BCUT2D eigenvalue weighted by molar-refractivity contribution is 0.0955. The topological polar surface area (TPSA) is 79.5 Å². The lowest BCUT2D eigenvalue weighted by Gasteiger charge is -2.32. The van der Waals surface area contributed by atoms with Crippen LogP contribution in [0.25, 0.3) is 11.3 Å². The van der Waals surface area contributed by atoms with Gasteiger partial charge < -0.3 is 10.8 Å². The number of aromatic nitrogens is 1. The summed E-state index contributed by atoms with van der Waals surface area (Å²) in [6.45, 7) is 5.64. The lowest BCUT2D eigenvalue weighted by Crippen LogP contribution is -2.44. The molecule has 22 heavy (non-hydrogen) atoms. The average Bonchev–Trinajstić information content (AvgIpc) is 2.85. The van der Waals surface area contributed by atoms with Crippen LogP contribution >= 0.6 is 11.3 Å². The number of nitrogen functional groups attached to an aromatic ring is 1. The maximum atomic E-state index is 13.3. The Kier molecular flexibility index (Phi) is 4.37. The van der Waals surface area contributed by atoms with Crippen molar-refractivity contribution in [2.24, 2.45) is 0 Å². The van der Waals surface area contributed by atoms with Crippen LogP contribution in [0.2, 0.25) is 0 Å². The maximum absolute atomic E-state index is 13.3. The van der Waals surface area contributed by atoms with Crippen molar-refractivity contribution in [2.45, 2.75) is 32.9 Å². The van der Waals surface area contributed by atoms with Gasteiger partial charge in [-0.25, -0.2) is 14.2 Å². The number of rotatable bonds is 3. The van der Waals surface area contributed by atoms with Crippen LogP contribution in [0.3, 0.4) is 0 Å². The Bertz CT molecular complexity index is 694. The molecule has 7 heteroatoms. The third-order valence-electron chi connectivity index (χ3n) is 3.18. The van der Waals surface area contributed by atoms with Crippen LogP contribution in [0.4, 0.5) is 14.9 Å². The van der Waals surface area contributed by atoms with E-state index in [0.29, 0.717) is 22.0 Å². The SMILES string of the molecule is CC(C)(C)N(Cc1nc(-c2cc(F)ccc2N)cs1)C(=O)O. The predicted molar refractivity (Wildman–Crippen MR) is 85.2 cm³/mol. The van der Waals surface area contributed by atoms with Gasteiger partial charge in [0, 0.05) is 22.2 Å². The van der Waals surface area contributed by atoms with E-state index in [1.54, 1.807) is 5.38 Å². The molecule has 118 valence electrons. The van der Waals surface area contributed by atoms with E-state index >= 15 is 0 Å². The van der Waals surface area contributed by atoms with Gasteiger partial charge >= 0.3 is 6.09 Å². The fourth-order valence-electron chi connectivity index (χ4n) is 1.98. The molecule has 0 aliphatic rings. The van der Waals surface area contributed by atoms with E-state index in [4.69, 9.17) is 5.73 Å². The van der Waals surface area contributed by atoms with Gasteiger partial charge in [0.05, 0.1) is 12.2 Å². The molecular weight excluding hydrogens is 305 g/mol. The monoisotopic (exact) mass is 323 g/mol. The number of nitrogens with zero attached hydrogens (tertiary/aromatic N) is 2. The van der Waals surface area contributed by atoms with Crippen molar-refractivity contribution in [3.63, 3.8) is 0 Å². The van der Waals surface area contributed by atoms with Gasteiger partial charge in [0.1, 0.15) is 10.8 Å². The van der Waals surface area contributed by atoms with E-state index in [-0.39, 0.29) is 12.4 Å². The highest BCUT2D eigenvalue weighted by molar-refractivity contribution is 7.09. The Morgan fingerprint density at radius 3 is 2.73 bits per heavy atom. The molecule has 0 aliphatic heterocycles. The first-order valence-corrected chi connectivity index (χ1v) is 7.57. The minimum atomic E-state index is -1.01. The molecule has 0 saturated heterocycles. The summed E-state index contributed by atoms with van der Waals surface area (Å²) < 4.78 is 13.3. The molecule has 0 spiro atoms. The molecule has 2 aromatic rings. The summed E-state index contributed by atoms with van der Waals surface area (Å²) in [5, 5.41) is 11.7. The number of amides is 1. The zero-order chi connectivity index (χ0) is 16.5. The number of nitrogens with two attached hydrogens (primary N) is 1. The normalized spacial score (nSPS) is 11.5. The molecule has 2 rings (SSSR count). The number of anilines is 1. The van der Waals surface area contributed by atoms with E-state index in [1.165, 1.54) is 34.4 Å². The first kappa shape index (κ1) is 16.2. The molecule has 0 fully saturated rings. The molecule has 5 nitrogen and oxygen atoms in total. The predicted octanol–water partition coefficient (Wildman–Crippen LogP) is 3.81. The van der Waals surface area contributed by atoms with Crippen LogP contribution in [0, 0.1) is 5.82 Å². The maximum Gasteiger partial charge on any atom is 0.408 e.